The monoisotopic (exact) mass is 416 g/mol. The molecule has 0 heterocycles. The number of ether oxygens (including phenoxy) is 2. The lowest BCUT2D eigenvalue weighted by atomic mass is 10.3. The lowest BCUT2D eigenvalue weighted by molar-refractivity contribution is -0.207. The first-order valence-electron chi connectivity index (χ1n) is 8.49. The number of esters is 1. The van der Waals surface area contributed by atoms with Gasteiger partial charge < -0.3 is 14.6 Å². The van der Waals surface area contributed by atoms with E-state index in [4.69, 9.17) is 14.4 Å². The highest BCUT2D eigenvalue weighted by Gasteiger charge is 2.08. The Morgan fingerprint density at radius 2 is 1.45 bits per heavy atom. The molecule has 0 aliphatic heterocycles. The number of carbonyl (C=O) groups is 2. The van der Waals surface area contributed by atoms with Crippen LogP contribution in [0.3, 0.4) is 0 Å². The molecule has 2 aromatic rings. The van der Waals surface area contributed by atoms with E-state index in [1.807, 2.05) is 24.3 Å². The molecular weight excluding hydrogens is 396 g/mol. The van der Waals surface area contributed by atoms with Crippen LogP contribution in [0.25, 0.3) is 0 Å². The summed E-state index contributed by atoms with van der Waals surface area (Å²) < 4.78 is 10.2. The van der Waals surface area contributed by atoms with Gasteiger partial charge in [0.15, 0.2) is 5.75 Å². The summed E-state index contributed by atoms with van der Waals surface area (Å²) in [6.07, 6.45) is 1.11. The minimum Gasteiger partial charge on any atom is -0.491 e. The van der Waals surface area contributed by atoms with Gasteiger partial charge in [-0.25, -0.2) is 14.5 Å². The first-order valence-corrected chi connectivity index (χ1v) is 9.30. The largest absolute Gasteiger partial charge is 0.491 e. The van der Waals surface area contributed by atoms with Crippen LogP contribution < -0.4 is 9.62 Å². The second-order valence-corrected chi connectivity index (χ2v) is 6.68. The van der Waals surface area contributed by atoms with Gasteiger partial charge in [-0.1, -0.05) is 24.9 Å². The number of hydrogen-bond donors (Lipinski definition) is 1. The van der Waals surface area contributed by atoms with Crippen LogP contribution in [0.4, 0.5) is 0 Å². The lowest BCUT2D eigenvalue weighted by Crippen LogP contribution is -2.24. The van der Waals surface area contributed by atoms with E-state index >= 15 is 0 Å². The molecule has 0 radical (unpaired) electrons. The molecule has 0 amide bonds. The zero-order chi connectivity index (χ0) is 21.1. The molecule has 0 aromatic heterocycles. The molecule has 0 bridgehead atoms. The predicted molar refractivity (Wildman–Crippen MR) is 107 cm³/mol. The fraction of sp³-hybridized carbons (Fsp3) is 0.143. The van der Waals surface area contributed by atoms with Crippen LogP contribution in [0.5, 0.6) is 11.5 Å². The highest BCUT2D eigenvalue weighted by atomic mass is 32.2. The lowest BCUT2D eigenvalue weighted by Gasteiger charge is -2.12. The summed E-state index contributed by atoms with van der Waals surface area (Å²) in [5.74, 6) is -0.291. The van der Waals surface area contributed by atoms with Crippen LogP contribution in [0, 0.1) is 0 Å². The molecule has 0 spiro atoms. The van der Waals surface area contributed by atoms with Gasteiger partial charge in [0.2, 0.25) is 0 Å². The van der Waals surface area contributed by atoms with Crippen molar-refractivity contribution in [2.45, 2.75) is 15.9 Å². The van der Waals surface area contributed by atoms with Crippen molar-refractivity contribution in [3.05, 3.63) is 73.8 Å². The molecule has 2 aromatic carbocycles. The van der Waals surface area contributed by atoms with Gasteiger partial charge in [-0.15, -0.1) is 0 Å². The zero-order valence-corrected chi connectivity index (χ0v) is 16.3. The number of aliphatic hydroxyl groups is 1. The van der Waals surface area contributed by atoms with Gasteiger partial charge in [0, 0.05) is 21.9 Å². The third-order valence-electron chi connectivity index (χ3n) is 3.30. The van der Waals surface area contributed by atoms with Gasteiger partial charge in [0.1, 0.15) is 25.1 Å². The minimum absolute atomic E-state index is 0.00516. The average molecular weight is 416 g/mol. The smallest absolute Gasteiger partial charge is 0.378 e. The summed E-state index contributed by atoms with van der Waals surface area (Å²) >= 11 is 1.52. The van der Waals surface area contributed by atoms with E-state index in [0.29, 0.717) is 11.5 Å². The Balaban J connectivity index is 1.79. The number of rotatable bonds is 11. The number of aliphatic hydroxyl groups excluding tert-OH is 1. The van der Waals surface area contributed by atoms with Gasteiger partial charge in [0.05, 0.1) is 0 Å². The minimum atomic E-state index is -0.931. The standard InChI is InChI=1S/C21H20O7S/c1-3-20(23)26-14-15(22)13-25-16-5-9-18(10-6-16)29-19-11-7-17(8-12-19)27-28-21(24)4-2/h3-12,15,22H,1-2,13-14H2. The highest BCUT2D eigenvalue weighted by Crippen LogP contribution is 2.30. The highest BCUT2D eigenvalue weighted by molar-refractivity contribution is 7.99. The molecule has 2 rings (SSSR count). The Morgan fingerprint density at radius 1 is 0.897 bits per heavy atom. The quantitative estimate of drug-likeness (QED) is 0.258. The van der Waals surface area contributed by atoms with Crippen LogP contribution >= 0.6 is 11.8 Å². The maximum Gasteiger partial charge on any atom is 0.378 e. The fourth-order valence-electron chi connectivity index (χ4n) is 1.90. The Labute approximate surface area is 172 Å². The first-order chi connectivity index (χ1) is 14.0. The van der Waals surface area contributed by atoms with Crippen LogP contribution in [0.1, 0.15) is 0 Å². The SMILES string of the molecule is C=CC(=O)OCC(O)COc1ccc(Sc2ccc(OOC(=O)C=C)cc2)cc1. The third kappa shape index (κ3) is 8.12. The Hall–Kier alpha value is -3.23. The number of carbonyl (C=O) groups excluding carboxylic acids is 2. The van der Waals surface area contributed by atoms with E-state index in [0.717, 1.165) is 21.9 Å². The molecule has 7 nitrogen and oxygen atoms in total. The van der Waals surface area contributed by atoms with Crippen molar-refractivity contribution in [3.8, 4) is 11.5 Å². The van der Waals surface area contributed by atoms with Crippen molar-refractivity contribution in [3.63, 3.8) is 0 Å². The molecule has 1 N–H and O–H groups in total. The van der Waals surface area contributed by atoms with Crippen molar-refractivity contribution >= 4 is 23.7 Å². The zero-order valence-electron chi connectivity index (χ0n) is 15.5. The van der Waals surface area contributed by atoms with Crippen molar-refractivity contribution in [2.75, 3.05) is 13.2 Å². The predicted octanol–water partition coefficient (Wildman–Crippen LogP) is 3.33. The van der Waals surface area contributed by atoms with E-state index in [2.05, 4.69) is 18.0 Å². The van der Waals surface area contributed by atoms with Crippen LogP contribution in [-0.2, 0) is 19.2 Å². The summed E-state index contributed by atoms with van der Waals surface area (Å²) in [4.78, 5) is 33.2. The van der Waals surface area contributed by atoms with Crippen LogP contribution in [-0.4, -0.2) is 36.4 Å². The Morgan fingerprint density at radius 3 is 2.00 bits per heavy atom. The molecule has 0 saturated heterocycles. The van der Waals surface area contributed by atoms with E-state index in [1.54, 1.807) is 24.3 Å². The summed E-state index contributed by atoms with van der Waals surface area (Å²) in [5, 5.41) is 9.73. The fourth-order valence-corrected chi connectivity index (χ4v) is 2.72. The van der Waals surface area contributed by atoms with Crippen LogP contribution in [0.2, 0.25) is 0 Å². The van der Waals surface area contributed by atoms with Crippen LogP contribution in [0.15, 0.2) is 83.6 Å². The molecule has 29 heavy (non-hydrogen) atoms. The van der Waals surface area contributed by atoms with E-state index in [1.165, 1.54) is 11.8 Å². The summed E-state index contributed by atoms with van der Waals surface area (Å²) in [7, 11) is 0. The van der Waals surface area contributed by atoms with Crippen molar-refractivity contribution < 1.29 is 33.9 Å². The number of benzene rings is 2. The molecular formula is C21H20O7S. The second kappa shape index (κ2) is 11.6. The molecule has 0 fully saturated rings. The van der Waals surface area contributed by atoms with Gasteiger partial charge in [-0.3, -0.25) is 4.89 Å². The number of hydrogen-bond acceptors (Lipinski definition) is 8. The average Bonchev–Trinajstić information content (AvgIpc) is 2.76. The van der Waals surface area contributed by atoms with Gasteiger partial charge >= 0.3 is 11.9 Å². The maximum atomic E-state index is 11.0. The van der Waals surface area contributed by atoms with E-state index in [9.17, 15) is 14.7 Å². The summed E-state index contributed by atoms with van der Waals surface area (Å²) in [6, 6.07) is 14.3. The molecule has 8 heteroatoms. The normalized spacial score (nSPS) is 11.1. The molecule has 0 aliphatic carbocycles. The Bertz CT molecular complexity index is 831. The van der Waals surface area contributed by atoms with Gasteiger partial charge in [-0.2, -0.15) is 0 Å². The maximum absolute atomic E-state index is 11.0. The van der Waals surface area contributed by atoms with Crippen molar-refractivity contribution in [1.29, 1.82) is 0 Å². The summed E-state index contributed by atoms with van der Waals surface area (Å²) in [6.45, 7) is 6.39. The summed E-state index contributed by atoms with van der Waals surface area (Å²) in [5.41, 5.74) is 0. The molecule has 1 atom stereocenters. The molecule has 152 valence electrons. The Kier molecular flexibility index (Phi) is 8.81. The van der Waals surface area contributed by atoms with Gasteiger partial charge in [-0.05, 0) is 48.5 Å². The second-order valence-electron chi connectivity index (χ2n) is 5.53. The van der Waals surface area contributed by atoms with E-state index in [-0.39, 0.29) is 13.2 Å². The molecule has 0 aliphatic rings. The first kappa shape index (κ1) is 22.1. The topological polar surface area (TPSA) is 91.3 Å². The third-order valence-corrected chi connectivity index (χ3v) is 4.31. The molecule has 1 unspecified atom stereocenters. The van der Waals surface area contributed by atoms with Crippen molar-refractivity contribution in [2.24, 2.45) is 0 Å². The van der Waals surface area contributed by atoms with Crippen molar-refractivity contribution in [1.82, 2.24) is 0 Å². The van der Waals surface area contributed by atoms with E-state index < -0.39 is 18.0 Å². The van der Waals surface area contributed by atoms with Gasteiger partial charge in [0.25, 0.3) is 0 Å². The molecule has 0 saturated carbocycles.